The summed E-state index contributed by atoms with van der Waals surface area (Å²) in [5.41, 5.74) is 2.97. The highest BCUT2D eigenvalue weighted by atomic mass is 16.2. The van der Waals surface area contributed by atoms with Crippen molar-refractivity contribution in [3.8, 4) is 0 Å². The molecule has 1 aromatic carbocycles. The number of aromatic nitrogens is 1. The number of nitrogens with zero attached hydrogens (tertiary/aromatic N) is 2. The van der Waals surface area contributed by atoms with Gasteiger partial charge in [0.1, 0.15) is 5.78 Å². The number of ketones is 1. The molecule has 0 radical (unpaired) electrons. The second kappa shape index (κ2) is 6.89. The van der Waals surface area contributed by atoms with Crippen LogP contribution in [0.3, 0.4) is 0 Å². The maximum atomic E-state index is 13.3. The van der Waals surface area contributed by atoms with Crippen molar-refractivity contribution < 1.29 is 9.59 Å². The number of rotatable bonds is 2. The van der Waals surface area contributed by atoms with Crippen LogP contribution in [-0.4, -0.2) is 16.7 Å². The van der Waals surface area contributed by atoms with E-state index in [1.165, 1.54) is 0 Å². The second-order valence-corrected chi connectivity index (χ2v) is 8.17. The maximum Gasteiger partial charge on any atom is 0.227 e. The average Bonchev–Trinajstić information content (AvgIpc) is 2.81. The molecule has 2 heterocycles. The van der Waals surface area contributed by atoms with E-state index in [2.05, 4.69) is 30.2 Å². The molecule has 144 valence electrons. The normalized spacial score (nSPS) is 23.0. The van der Waals surface area contributed by atoms with E-state index in [1.54, 1.807) is 11.1 Å². The monoisotopic (exact) mass is 375 g/mol. The van der Waals surface area contributed by atoms with Crippen molar-refractivity contribution >= 4 is 23.1 Å². The Morgan fingerprint density at radius 3 is 2.68 bits per heavy atom. The van der Waals surface area contributed by atoms with E-state index >= 15 is 0 Å². The molecule has 0 bridgehead atoms. The van der Waals surface area contributed by atoms with Crippen LogP contribution in [0.4, 0.5) is 11.4 Å². The molecule has 5 heteroatoms. The highest BCUT2D eigenvalue weighted by molar-refractivity contribution is 6.01. The lowest BCUT2D eigenvalue weighted by Crippen LogP contribution is -2.43. The molecule has 1 aliphatic heterocycles. The Kier molecular flexibility index (Phi) is 4.53. The van der Waals surface area contributed by atoms with E-state index in [9.17, 15) is 9.59 Å². The minimum atomic E-state index is -0.473. The molecule has 0 saturated heterocycles. The van der Waals surface area contributed by atoms with E-state index in [4.69, 9.17) is 0 Å². The summed E-state index contributed by atoms with van der Waals surface area (Å²) in [5, 5.41) is 3.47. The number of anilines is 2. The van der Waals surface area contributed by atoms with Crippen molar-refractivity contribution in [1.29, 1.82) is 0 Å². The summed E-state index contributed by atoms with van der Waals surface area (Å²) in [6.45, 7) is 5.98. The lowest BCUT2D eigenvalue weighted by Gasteiger charge is -2.38. The number of carbonyl (C=O) groups is 2. The number of allylic oxidation sites excluding steroid dienone is 1. The molecule has 0 spiro atoms. The Morgan fingerprint density at radius 2 is 1.96 bits per heavy atom. The fraction of sp³-hybridized carbons (Fsp3) is 0.348. The van der Waals surface area contributed by atoms with Crippen LogP contribution < -0.4 is 10.2 Å². The number of hydrogen-bond donors (Lipinski definition) is 1. The quantitative estimate of drug-likeness (QED) is 0.840. The molecule has 2 aromatic rings. The summed E-state index contributed by atoms with van der Waals surface area (Å²) in [4.78, 5) is 32.8. The van der Waals surface area contributed by atoms with Crippen LogP contribution >= 0.6 is 0 Å². The number of carbonyl (C=O) groups excluding carboxylic acids is 2. The molecule has 4 rings (SSSR count). The zero-order valence-corrected chi connectivity index (χ0v) is 16.5. The summed E-state index contributed by atoms with van der Waals surface area (Å²) in [7, 11) is 0. The third kappa shape index (κ3) is 3.11. The summed E-state index contributed by atoms with van der Waals surface area (Å²) in [5.74, 6) is -0.359. The van der Waals surface area contributed by atoms with Crippen molar-refractivity contribution in [1.82, 2.24) is 4.98 Å². The standard InChI is InChI=1S/C23H25N3O2/c1-4-20(28)26-18-11-6-5-9-15(18)25-17-13-23(2,3)14-19(27)21(17)22(26)16-10-7-8-12-24-16/h5-13,21-22,25H,4,14H2,1-3H3. The number of pyridine rings is 1. The largest absolute Gasteiger partial charge is 0.357 e. The predicted molar refractivity (Wildman–Crippen MR) is 110 cm³/mol. The van der Waals surface area contributed by atoms with Gasteiger partial charge in [-0.3, -0.25) is 14.6 Å². The molecule has 1 aliphatic carbocycles. The number of Topliss-reactive ketones (excluding diaryl/α,β-unsaturated/α-hetero) is 1. The fourth-order valence-electron chi connectivity index (χ4n) is 4.31. The van der Waals surface area contributed by atoms with Crippen LogP contribution in [0.2, 0.25) is 0 Å². The van der Waals surface area contributed by atoms with Crippen molar-refractivity contribution in [2.24, 2.45) is 11.3 Å². The molecule has 2 unspecified atom stereocenters. The van der Waals surface area contributed by atoms with E-state index in [-0.39, 0.29) is 17.1 Å². The van der Waals surface area contributed by atoms with Crippen LogP contribution in [0.25, 0.3) is 0 Å². The van der Waals surface area contributed by atoms with Crippen LogP contribution in [0.15, 0.2) is 60.4 Å². The van der Waals surface area contributed by atoms with E-state index in [1.807, 2.05) is 49.4 Å². The Labute approximate surface area is 165 Å². The van der Waals surface area contributed by atoms with Gasteiger partial charge in [-0.2, -0.15) is 0 Å². The highest BCUT2D eigenvalue weighted by Crippen LogP contribution is 2.48. The van der Waals surface area contributed by atoms with Crippen LogP contribution in [-0.2, 0) is 9.59 Å². The number of para-hydroxylation sites is 2. The lowest BCUT2D eigenvalue weighted by atomic mass is 9.73. The van der Waals surface area contributed by atoms with E-state index < -0.39 is 12.0 Å². The summed E-state index contributed by atoms with van der Waals surface area (Å²) >= 11 is 0. The Hall–Kier alpha value is -2.95. The Bertz CT molecular complexity index is 949. The van der Waals surface area contributed by atoms with Crippen molar-refractivity contribution in [2.75, 3.05) is 10.2 Å². The van der Waals surface area contributed by atoms with Gasteiger partial charge in [-0.05, 0) is 29.7 Å². The van der Waals surface area contributed by atoms with Crippen LogP contribution in [0.1, 0.15) is 45.3 Å². The third-order valence-corrected chi connectivity index (χ3v) is 5.46. The molecule has 28 heavy (non-hydrogen) atoms. The first kappa shape index (κ1) is 18.4. The maximum absolute atomic E-state index is 13.3. The molecule has 0 saturated carbocycles. The molecule has 2 atom stereocenters. The summed E-state index contributed by atoms with van der Waals surface area (Å²) in [6.07, 6.45) is 4.65. The Balaban J connectivity index is 2.00. The minimum Gasteiger partial charge on any atom is -0.357 e. The molecule has 0 fully saturated rings. The zero-order chi connectivity index (χ0) is 19.9. The number of benzene rings is 1. The molecule has 1 N–H and O–H groups in total. The van der Waals surface area contributed by atoms with Gasteiger partial charge in [0.25, 0.3) is 0 Å². The molecule has 5 nitrogen and oxygen atoms in total. The Morgan fingerprint density at radius 1 is 1.21 bits per heavy atom. The zero-order valence-electron chi connectivity index (χ0n) is 16.5. The average molecular weight is 375 g/mol. The molecule has 2 aliphatic rings. The first-order valence-electron chi connectivity index (χ1n) is 9.76. The summed E-state index contributed by atoms with van der Waals surface area (Å²) < 4.78 is 0. The van der Waals surface area contributed by atoms with Crippen molar-refractivity contribution in [3.63, 3.8) is 0 Å². The molecular weight excluding hydrogens is 350 g/mol. The van der Waals surface area contributed by atoms with Gasteiger partial charge in [-0.15, -0.1) is 0 Å². The van der Waals surface area contributed by atoms with Gasteiger partial charge >= 0.3 is 0 Å². The highest BCUT2D eigenvalue weighted by Gasteiger charge is 2.46. The topological polar surface area (TPSA) is 62.3 Å². The van der Waals surface area contributed by atoms with Crippen molar-refractivity contribution in [2.45, 2.75) is 39.7 Å². The molecule has 1 aromatic heterocycles. The third-order valence-electron chi connectivity index (χ3n) is 5.46. The fourth-order valence-corrected chi connectivity index (χ4v) is 4.31. The smallest absolute Gasteiger partial charge is 0.227 e. The second-order valence-electron chi connectivity index (χ2n) is 8.17. The van der Waals surface area contributed by atoms with Gasteiger partial charge in [0.2, 0.25) is 5.91 Å². The summed E-state index contributed by atoms with van der Waals surface area (Å²) in [6, 6.07) is 12.9. The molecular formula is C23H25N3O2. The van der Waals surface area contributed by atoms with Gasteiger partial charge in [0.15, 0.2) is 0 Å². The lowest BCUT2D eigenvalue weighted by molar-refractivity contribution is -0.125. The van der Waals surface area contributed by atoms with E-state index in [0.717, 1.165) is 22.8 Å². The van der Waals surface area contributed by atoms with E-state index in [0.29, 0.717) is 12.8 Å². The van der Waals surface area contributed by atoms with Gasteiger partial charge < -0.3 is 10.2 Å². The van der Waals surface area contributed by atoms with Gasteiger partial charge in [0.05, 0.1) is 29.0 Å². The van der Waals surface area contributed by atoms with Gasteiger partial charge in [-0.1, -0.05) is 45.0 Å². The number of nitrogens with one attached hydrogen (secondary N) is 1. The van der Waals surface area contributed by atoms with Crippen molar-refractivity contribution in [3.05, 3.63) is 66.1 Å². The van der Waals surface area contributed by atoms with Gasteiger partial charge in [0, 0.05) is 24.7 Å². The minimum absolute atomic E-state index is 0.0243. The van der Waals surface area contributed by atoms with Gasteiger partial charge in [-0.25, -0.2) is 0 Å². The first-order chi connectivity index (χ1) is 13.4. The first-order valence-corrected chi connectivity index (χ1v) is 9.76. The molecule has 1 amide bonds. The van der Waals surface area contributed by atoms with Crippen LogP contribution in [0.5, 0.6) is 0 Å². The predicted octanol–water partition coefficient (Wildman–Crippen LogP) is 4.49. The number of amides is 1. The number of hydrogen-bond acceptors (Lipinski definition) is 4. The van der Waals surface area contributed by atoms with Crippen LogP contribution in [0, 0.1) is 11.3 Å². The SMILES string of the molecule is CCC(=O)N1c2ccccc2NC2=CC(C)(C)CC(=O)C2C1c1ccccn1. The number of fused-ring (bicyclic) bond motifs is 2.